The predicted molar refractivity (Wildman–Crippen MR) is 70.8 cm³/mol. The van der Waals surface area contributed by atoms with Crippen LogP contribution in [0.3, 0.4) is 0 Å². The van der Waals surface area contributed by atoms with E-state index in [1.54, 1.807) is 7.05 Å². The van der Waals surface area contributed by atoms with Gasteiger partial charge < -0.3 is 24.2 Å². The number of rotatable bonds is 4. The number of carbonyl (C=O) groups is 1. The zero-order chi connectivity index (χ0) is 14.4. The molecule has 6 heteroatoms. The van der Waals surface area contributed by atoms with E-state index < -0.39 is 18.2 Å². The van der Waals surface area contributed by atoms with Crippen molar-refractivity contribution in [1.82, 2.24) is 4.90 Å². The van der Waals surface area contributed by atoms with E-state index in [2.05, 4.69) is 11.8 Å². The van der Waals surface area contributed by atoms with Gasteiger partial charge in [0.2, 0.25) is 0 Å². The lowest BCUT2D eigenvalue weighted by Crippen LogP contribution is -2.38. The number of hydrogen-bond donors (Lipinski definition) is 1. The molecule has 0 saturated carbocycles. The molecule has 1 amide bonds. The third-order valence-electron chi connectivity index (χ3n) is 3.45. The van der Waals surface area contributed by atoms with Gasteiger partial charge in [-0.05, 0) is 19.3 Å². The maximum atomic E-state index is 11.2. The van der Waals surface area contributed by atoms with Gasteiger partial charge in [0.25, 0.3) is 0 Å². The predicted octanol–water partition coefficient (Wildman–Crippen LogP) is 0.735. The van der Waals surface area contributed by atoms with E-state index in [4.69, 9.17) is 14.2 Å². The number of nitrogens with zero attached hydrogens (tertiary/aromatic N) is 1. The Labute approximate surface area is 119 Å². The number of hydrogen-bond acceptors (Lipinski definition) is 5. The molecule has 2 fully saturated rings. The molecule has 6 nitrogen and oxygen atoms in total. The van der Waals surface area contributed by atoms with Crippen LogP contribution in [0.25, 0.3) is 0 Å². The minimum atomic E-state index is -0.891. The minimum Gasteiger partial charge on any atom is -0.447 e. The monoisotopic (exact) mass is 283 g/mol. The Balaban J connectivity index is 1.65. The van der Waals surface area contributed by atoms with Crippen LogP contribution in [0, 0.1) is 11.8 Å². The van der Waals surface area contributed by atoms with E-state index in [0.717, 1.165) is 25.9 Å². The minimum absolute atomic E-state index is 0.109. The van der Waals surface area contributed by atoms with Crippen LogP contribution in [0.15, 0.2) is 0 Å². The van der Waals surface area contributed by atoms with Crippen LogP contribution in [-0.4, -0.2) is 61.4 Å². The summed E-state index contributed by atoms with van der Waals surface area (Å²) in [5.74, 6) is 5.59. The van der Waals surface area contributed by atoms with Gasteiger partial charge >= 0.3 is 6.09 Å². The van der Waals surface area contributed by atoms with Gasteiger partial charge in [-0.15, -0.1) is 0 Å². The zero-order valence-corrected chi connectivity index (χ0v) is 11.7. The smallest absolute Gasteiger partial charge is 0.410 e. The van der Waals surface area contributed by atoms with Crippen molar-refractivity contribution < 1.29 is 24.1 Å². The number of amides is 1. The molecule has 2 heterocycles. The summed E-state index contributed by atoms with van der Waals surface area (Å²) < 4.78 is 15.8. The molecule has 2 aliphatic heterocycles. The van der Waals surface area contributed by atoms with Crippen LogP contribution in [0.1, 0.15) is 25.7 Å². The van der Waals surface area contributed by atoms with Gasteiger partial charge in [-0.25, -0.2) is 4.79 Å². The van der Waals surface area contributed by atoms with E-state index in [9.17, 15) is 9.90 Å². The van der Waals surface area contributed by atoms with E-state index in [-0.39, 0.29) is 12.9 Å². The third-order valence-corrected chi connectivity index (χ3v) is 3.45. The maximum Gasteiger partial charge on any atom is 0.410 e. The highest BCUT2D eigenvalue weighted by Crippen LogP contribution is 2.14. The second kappa shape index (κ2) is 7.48. The summed E-state index contributed by atoms with van der Waals surface area (Å²) in [7, 11) is 1.59. The van der Waals surface area contributed by atoms with Crippen molar-refractivity contribution in [1.29, 1.82) is 0 Å². The summed E-state index contributed by atoms with van der Waals surface area (Å²) in [5.41, 5.74) is 0. The summed E-state index contributed by atoms with van der Waals surface area (Å²) >= 11 is 0. The second-order valence-electron chi connectivity index (χ2n) is 4.94. The molecule has 0 radical (unpaired) electrons. The van der Waals surface area contributed by atoms with Crippen molar-refractivity contribution >= 4 is 6.09 Å². The van der Waals surface area contributed by atoms with Crippen LogP contribution in [0.5, 0.6) is 0 Å². The molecule has 2 saturated heterocycles. The van der Waals surface area contributed by atoms with Gasteiger partial charge in [0, 0.05) is 20.1 Å². The van der Waals surface area contributed by atoms with Gasteiger partial charge in [0.1, 0.15) is 18.8 Å². The van der Waals surface area contributed by atoms with Crippen LogP contribution in [0.2, 0.25) is 0 Å². The van der Waals surface area contributed by atoms with Crippen LogP contribution >= 0.6 is 0 Å². The Morgan fingerprint density at radius 3 is 3.05 bits per heavy atom. The summed E-state index contributed by atoms with van der Waals surface area (Å²) in [4.78, 5) is 12.5. The Morgan fingerprint density at radius 2 is 2.40 bits per heavy atom. The lowest BCUT2D eigenvalue weighted by Gasteiger charge is -2.22. The average Bonchev–Trinajstić information content (AvgIpc) is 2.80. The Kier molecular flexibility index (Phi) is 5.65. The Morgan fingerprint density at radius 1 is 1.55 bits per heavy atom. The summed E-state index contributed by atoms with van der Waals surface area (Å²) in [6, 6.07) is -0.391. The Bertz CT molecular complexity index is 383. The van der Waals surface area contributed by atoms with Crippen molar-refractivity contribution in [3.8, 4) is 11.8 Å². The molecule has 0 aromatic rings. The van der Waals surface area contributed by atoms with Crippen LogP contribution in [-0.2, 0) is 14.2 Å². The number of cyclic esters (lactones) is 1. The maximum absolute atomic E-state index is 11.2. The highest BCUT2D eigenvalue weighted by Gasteiger charge is 2.34. The molecule has 0 spiro atoms. The Hall–Kier alpha value is -1.29. The largest absolute Gasteiger partial charge is 0.447 e. The number of likely N-dealkylation sites (N-methyl/N-ethyl adjacent to an activating group) is 1. The summed E-state index contributed by atoms with van der Waals surface area (Å²) in [6.07, 6.45) is 2.27. The molecule has 2 rings (SSSR count). The SMILES string of the molecule is CN1C(=O)OC[C@H]1[C@@H](O)C#CCCOC1CCCCO1. The number of ether oxygens (including phenoxy) is 3. The molecule has 2 aliphatic rings. The standard InChI is InChI=1S/C14H21NO5/c1-15-11(10-20-14(15)17)12(16)6-2-4-8-18-13-7-3-5-9-19-13/h11-13,16H,3-5,7-10H2,1H3/t11-,12-,13?/m0/s1. The molecular formula is C14H21NO5. The van der Waals surface area contributed by atoms with Gasteiger partial charge in [0.05, 0.1) is 6.61 Å². The first kappa shape index (κ1) is 15.1. The van der Waals surface area contributed by atoms with E-state index in [1.807, 2.05) is 0 Å². The van der Waals surface area contributed by atoms with Crippen molar-refractivity contribution in [3.63, 3.8) is 0 Å². The van der Waals surface area contributed by atoms with Crippen molar-refractivity contribution in [2.45, 2.75) is 44.1 Å². The normalized spacial score (nSPS) is 27.7. The first-order valence-electron chi connectivity index (χ1n) is 6.97. The summed E-state index contributed by atoms with van der Waals surface area (Å²) in [6.45, 7) is 1.43. The van der Waals surface area contributed by atoms with Gasteiger partial charge in [-0.3, -0.25) is 0 Å². The molecule has 0 aromatic heterocycles. The fourth-order valence-corrected chi connectivity index (χ4v) is 2.17. The average molecular weight is 283 g/mol. The lowest BCUT2D eigenvalue weighted by atomic mass is 10.1. The third kappa shape index (κ3) is 4.10. The molecule has 0 aromatic carbocycles. The molecule has 1 unspecified atom stereocenters. The van der Waals surface area contributed by atoms with Crippen molar-refractivity contribution in [2.24, 2.45) is 0 Å². The number of aliphatic hydroxyl groups excluding tert-OH is 1. The number of carbonyl (C=O) groups excluding carboxylic acids is 1. The molecule has 20 heavy (non-hydrogen) atoms. The topological polar surface area (TPSA) is 68.2 Å². The summed E-state index contributed by atoms with van der Waals surface area (Å²) in [5, 5.41) is 9.87. The molecule has 3 atom stereocenters. The van der Waals surface area contributed by atoms with Crippen LogP contribution in [0.4, 0.5) is 4.79 Å². The molecule has 0 bridgehead atoms. The molecule has 112 valence electrons. The van der Waals surface area contributed by atoms with E-state index in [0.29, 0.717) is 13.0 Å². The lowest BCUT2D eigenvalue weighted by molar-refractivity contribution is -0.161. The zero-order valence-electron chi connectivity index (χ0n) is 11.7. The van der Waals surface area contributed by atoms with Gasteiger partial charge in [0.15, 0.2) is 6.29 Å². The van der Waals surface area contributed by atoms with E-state index in [1.165, 1.54) is 4.90 Å². The highest BCUT2D eigenvalue weighted by molar-refractivity contribution is 5.69. The molecule has 0 aliphatic carbocycles. The quantitative estimate of drug-likeness (QED) is 0.608. The van der Waals surface area contributed by atoms with Gasteiger partial charge in [-0.1, -0.05) is 11.8 Å². The fourth-order valence-electron chi connectivity index (χ4n) is 2.17. The second-order valence-corrected chi connectivity index (χ2v) is 4.94. The van der Waals surface area contributed by atoms with Crippen molar-refractivity contribution in [3.05, 3.63) is 0 Å². The molecule has 1 N–H and O–H groups in total. The first-order valence-corrected chi connectivity index (χ1v) is 6.97. The fraction of sp³-hybridized carbons (Fsp3) is 0.786. The van der Waals surface area contributed by atoms with E-state index >= 15 is 0 Å². The van der Waals surface area contributed by atoms with Crippen molar-refractivity contribution in [2.75, 3.05) is 26.9 Å². The molecular weight excluding hydrogens is 262 g/mol. The van der Waals surface area contributed by atoms with Crippen LogP contribution < -0.4 is 0 Å². The first-order chi connectivity index (χ1) is 9.68. The van der Waals surface area contributed by atoms with Gasteiger partial charge in [-0.2, -0.15) is 0 Å². The highest BCUT2D eigenvalue weighted by atomic mass is 16.7. The number of aliphatic hydroxyl groups is 1.